The highest BCUT2D eigenvalue weighted by molar-refractivity contribution is 5.95. The molecule has 2 aromatic heterocycles. The Labute approximate surface area is 116 Å². The van der Waals surface area contributed by atoms with Gasteiger partial charge in [0.1, 0.15) is 5.82 Å². The van der Waals surface area contributed by atoms with Gasteiger partial charge in [0, 0.05) is 12.2 Å². The molecular formula is C13H18N6O. The van der Waals surface area contributed by atoms with Crippen LogP contribution in [0.2, 0.25) is 0 Å². The van der Waals surface area contributed by atoms with Crippen molar-refractivity contribution in [3.05, 3.63) is 29.1 Å². The summed E-state index contributed by atoms with van der Waals surface area (Å²) >= 11 is 0. The first kappa shape index (κ1) is 12.8. The number of H-pyrrole nitrogens is 2. The van der Waals surface area contributed by atoms with Crippen LogP contribution in [0.4, 0.5) is 0 Å². The molecule has 0 radical (unpaired) electrons. The summed E-state index contributed by atoms with van der Waals surface area (Å²) in [5.41, 5.74) is 1.43. The number of hydrogen-bond donors (Lipinski definition) is 2. The minimum absolute atomic E-state index is 0.00315. The molecule has 3 heterocycles. The number of carbonyl (C=O) groups excluding carboxylic acids is 1. The second kappa shape index (κ2) is 5.07. The number of aromatic amines is 2. The molecule has 2 N–H and O–H groups in total. The third-order valence-corrected chi connectivity index (χ3v) is 3.74. The third-order valence-electron chi connectivity index (χ3n) is 3.74. The second-order valence-corrected chi connectivity index (χ2v) is 5.20. The van der Waals surface area contributed by atoms with E-state index in [4.69, 9.17) is 0 Å². The number of piperidine rings is 1. The van der Waals surface area contributed by atoms with E-state index in [0.717, 1.165) is 37.3 Å². The fourth-order valence-corrected chi connectivity index (χ4v) is 2.67. The second-order valence-electron chi connectivity index (χ2n) is 5.20. The van der Waals surface area contributed by atoms with E-state index in [-0.39, 0.29) is 11.9 Å². The summed E-state index contributed by atoms with van der Waals surface area (Å²) in [4.78, 5) is 18.9. The van der Waals surface area contributed by atoms with Crippen LogP contribution < -0.4 is 0 Å². The van der Waals surface area contributed by atoms with Crippen LogP contribution in [0.5, 0.6) is 0 Å². The lowest BCUT2D eigenvalue weighted by molar-refractivity contribution is 0.0599. The molecule has 0 spiro atoms. The number of rotatable bonds is 2. The van der Waals surface area contributed by atoms with Gasteiger partial charge in [0.15, 0.2) is 5.82 Å². The fourth-order valence-electron chi connectivity index (χ4n) is 2.67. The molecule has 1 saturated heterocycles. The van der Waals surface area contributed by atoms with Crippen LogP contribution in [-0.2, 0) is 0 Å². The summed E-state index contributed by atoms with van der Waals surface area (Å²) in [5, 5.41) is 13.8. The van der Waals surface area contributed by atoms with Gasteiger partial charge in [-0.2, -0.15) is 10.2 Å². The lowest BCUT2D eigenvalue weighted by Crippen LogP contribution is -2.39. The lowest BCUT2D eigenvalue weighted by Gasteiger charge is -2.33. The topological polar surface area (TPSA) is 90.6 Å². The summed E-state index contributed by atoms with van der Waals surface area (Å²) < 4.78 is 0. The van der Waals surface area contributed by atoms with E-state index in [1.807, 2.05) is 18.7 Å². The van der Waals surface area contributed by atoms with Gasteiger partial charge in [-0.1, -0.05) is 0 Å². The van der Waals surface area contributed by atoms with Crippen LogP contribution >= 0.6 is 0 Å². The number of hydrogen-bond acceptors (Lipinski definition) is 4. The minimum Gasteiger partial charge on any atom is -0.328 e. The first-order chi connectivity index (χ1) is 9.66. The molecule has 0 unspecified atom stereocenters. The number of aromatic nitrogens is 5. The Morgan fingerprint density at radius 1 is 1.35 bits per heavy atom. The van der Waals surface area contributed by atoms with Crippen molar-refractivity contribution in [1.82, 2.24) is 30.3 Å². The van der Waals surface area contributed by atoms with Crippen LogP contribution in [0.1, 0.15) is 53.0 Å². The summed E-state index contributed by atoms with van der Waals surface area (Å²) in [7, 11) is 0. The molecular weight excluding hydrogens is 256 g/mol. The fraction of sp³-hybridized carbons (Fsp3) is 0.538. The van der Waals surface area contributed by atoms with Gasteiger partial charge in [-0.15, -0.1) is 0 Å². The number of carbonyl (C=O) groups is 1. The normalized spacial score (nSPS) is 19.3. The molecule has 0 saturated carbocycles. The highest BCUT2D eigenvalue weighted by atomic mass is 16.2. The van der Waals surface area contributed by atoms with Gasteiger partial charge in [-0.3, -0.25) is 15.0 Å². The monoisotopic (exact) mass is 274 g/mol. The minimum atomic E-state index is -0.0458. The summed E-state index contributed by atoms with van der Waals surface area (Å²) in [6, 6.07) is -0.0458. The predicted molar refractivity (Wildman–Crippen MR) is 72.1 cm³/mol. The first-order valence-corrected chi connectivity index (χ1v) is 6.86. The molecule has 1 fully saturated rings. The molecule has 2 aromatic rings. The standard InChI is InChI=1S/C13H18N6O/c1-8-10(7-14-16-8)13(20)19-6-4-3-5-11(19)12-15-9(2)17-18-12/h7,11H,3-6H2,1-2H3,(H,14,16)(H,15,17,18)/t11-/m1/s1. The van der Waals surface area contributed by atoms with Crippen LogP contribution in [-0.4, -0.2) is 42.7 Å². The van der Waals surface area contributed by atoms with E-state index in [2.05, 4.69) is 25.4 Å². The van der Waals surface area contributed by atoms with Gasteiger partial charge in [-0.25, -0.2) is 4.98 Å². The zero-order valence-electron chi connectivity index (χ0n) is 11.7. The zero-order valence-corrected chi connectivity index (χ0v) is 11.7. The maximum Gasteiger partial charge on any atom is 0.257 e. The van der Waals surface area contributed by atoms with Gasteiger partial charge in [0.2, 0.25) is 0 Å². The Morgan fingerprint density at radius 3 is 2.85 bits per heavy atom. The van der Waals surface area contributed by atoms with E-state index in [1.54, 1.807) is 6.20 Å². The van der Waals surface area contributed by atoms with Crippen molar-refractivity contribution < 1.29 is 4.79 Å². The van der Waals surface area contributed by atoms with E-state index in [0.29, 0.717) is 11.4 Å². The molecule has 7 nitrogen and oxygen atoms in total. The Bertz CT molecular complexity index is 616. The third kappa shape index (κ3) is 2.19. The summed E-state index contributed by atoms with van der Waals surface area (Å²) in [5.74, 6) is 1.48. The van der Waals surface area contributed by atoms with Crippen molar-refractivity contribution in [2.24, 2.45) is 0 Å². The first-order valence-electron chi connectivity index (χ1n) is 6.86. The zero-order chi connectivity index (χ0) is 14.1. The van der Waals surface area contributed by atoms with E-state index in [1.165, 1.54) is 0 Å². The van der Waals surface area contributed by atoms with Crippen LogP contribution in [0.15, 0.2) is 6.20 Å². The van der Waals surface area contributed by atoms with E-state index in [9.17, 15) is 4.79 Å². The van der Waals surface area contributed by atoms with Gasteiger partial charge in [-0.05, 0) is 33.1 Å². The average molecular weight is 274 g/mol. The Balaban J connectivity index is 1.89. The van der Waals surface area contributed by atoms with Crippen molar-refractivity contribution in [1.29, 1.82) is 0 Å². The molecule has 1 aliphatic rings. The van der Waals surface area contributed by atoms with E-state index >= 15 is 0 Å². The Morgan fingerprint density at radius 2 is 2.20 bits per heavy atom. The smallest absolute Gasteiger partial charge is 0.257 e. The van der Waals surface area contributed by atoms with Crippen molar-refractivity contribution in [2.75, 3.05) is 6.54 Å². The van der Waals surface area contributed by atoms with E-state index < -0.39 is 0 Å². The molecule has 20 heavy (non-hydrogen) atoms. The average Bonchev–Trinajstić information content (AvgIpc) is 3.07. The van der Waals surface area contributed by atoms with Gasteiger partial charge in [0.25, 0.3) is 5.91 Å². The molecule has 0 aliphatic carbocycles. The quantitative estimate of drug-likeness (QED) is 0.868. The number of likely N-dealkylation sites (tertiary alicyclic amines) is 1. The SMILES string of the molecule is Cc1nc([C@H]2CCCCN2C(=O)c2cn[nH]c2C)n[nH]1. The van der Waals surface area contributed by atoms with Crippen molar-refractivity contribution in [3.8, 4) is 0 Å². The molecule has 3 rings (SSSR count). The maximum atomic E-state index is 12.7. The van der Waals surface area contributed by atoms with Crippen molar-refractivity contribution in [2.45, 2.75) is 39.2 Å². The highest BCUT2D eigenvalue weighted by Gasteiger charge is 2.32. The van der Waals surface area contributed by atoms with Crippen molar-refractivity contribution in [3.63, 3.8) is 0 Å². The Hall–Kier alpha value is -2.18. The molecule has 0 bridgehead atoms. The van der Waals surface area contributed by atoms with Crippen molar-refractivity contribution >= 4 is 5.91 Å². The largest absolute Gasteiger partial charge is 0.328 e. The van der Waals surface area contributed by atoms with Crippen LogP contribution in [0.3, 0.4) is 0 Å². The van der Waals surface area contributed by atoms with Crippen LogP contribution in [0.25, 0.3) is 0 Å². The molecule has 1 aliphatic heterocycles. The summed E-state index contributed by atoms with van der Waals surface area (Å²) in [6.07, 6.45) is 4.60. The molecule has 1 atom stereocenters. The van der Waals surface area contributed by atoms with Crippen LogP contribution in [0, 0.1) is 13.8 Å². The number of nitrogens with one attached hydrogen (secondary N) is 2. The van der Waals surface area contributed by atoms with Gasteiger partial charge < -0.3 is 4.90 Å². The molecule has 7 heteroatoms. The molecule has 106 valence electrons. The predicted octanol–water partition coefficient (Wildman–Crippen LogP) is 1.51. The maximum absolute atomic E-state index is 12.7. The molecule has 1 amide bonds. The highest BCUT2D eigenvalue weighted by Crippen LogP contribution is 2.30. The number of aryl methyl sites for hydroxylation is 2. The Kier molecular flexibility index (Phi) is 3.25. The molecule has 0 aromatic carbocycles. The van der Waals surface area contributed by atoms with Gasteiger partial charge >= 0.3 is 0 Å². The summed E-state index contributed by atoms with van der Waals surface area (Å²) in [6.45, 7) is 4.46. The number of amides is 1. The lowest BCUT2D eigenvalue weighted by atomic mass is 10.0. The van der Waals surface area contributed by atoms with Gasteiger partial charge in [0.05, 0.1) is 17.8 Å². The number of nitrogens with zero attached hydrogens (tertiary/aromatic N) is 4.